The predicted molar refractivity (Wildman–Crippen MR) is 26.6 cm³/mol. The van der Waals surface area contributed by atoms with Crippen molar-refractivity contribution in [2.24, 2.45) is 0 Å². The molecular formula is C3H5BrO. The minimum absolute atomic E-state index is 0. The van der Waals surface area contributed by atoms with Crippen LogP contribution in [0.1, 0.15) is 0 Å². The van der Waals surface area contributed by atoms with Crippen LogP contribution in [0.5, 0.6) is 0 Å². The lowest BCUT2D eigenvalue weighted by molar-refractivity contribution is -0.104. The van der Waals surface area contributed by atoms with E-state index in [1.165, 1.54) is 6.08 Å². The molecule has 0 N–H and O–H groups in total. The molecule has 0 aromatic rings. The van der Waals surface area contributed by atoms with Gasteiger partial charge in [0.05, 0.1) is 0 Å². The quantitative estimate of drug-likeness (QED) is 0.388. The normalized spacial score (nSPS) is 4.00. The van der Waals surface area contributed by atoms with Gasteiger partial charge in [-0.3, -0.25) is 4.79 Å². The average molecular weight is 137 g/mol. The third-order valence-electron chi connectivity index (χ3n) is 0.0962. The van der Waals surface area contributed by atoms with Crippen LogP contribution < -0.4 is 0 Å². The predicted octanol–water partition coefficient (Wildman–Crippen LogP) is 0.949. The van der Waals surface area contributed by atoms with Crippen molar-refractivity contribution in [1.82, 2.24) is 0 Å². The van der Waals surface area contributed by atoms with Gasteiger partial charge in [-0.05, 0) is 6.08 Å². The van der Waals surface area contributed by atoms with Crippen molar-refractivity contribution in [3.8, 4) is 0 Å². The number of carbonyl (C=O) groups is 1. The molecule has 1 nitrogen and oxygen atoms in total. The summed E-state index contributed by atoms with van der Waals surface area (Å²) in [6, 6.07) is 0. The maximum Gasteiger partial charge on any atom is 0.142 e. The molecule has 0 aliphatic rings. The van der Waals surface area contributed by atoms with Crippen molar-refractivity contribution in [3.05, 3.63) is 12.7 Å². The van der Waals surface area contributed by atoms with Gasteiger partial charge in [-0.25, -0.2) is 0 Å². The number of hydrogen-bond acceptors (Lipinski definition) is 1. The molecule has 5 heavy (non-hydrogen) atoms. The molecule has 0 rings (SSSR count). The van der Waals surface area contributed by atoms with Crippen LogP contribution in [-0.4, -0.2) is 6.29 Å². The van der Waals surface area contributed by atoms with Gasteiger partial charge < -0.3 is 0 Å². The highest BCUT2D eigenvalue weighted by Gasteiger charge is 1.38. The fraction of sp³-hybridized carbons (Fsp3) is 0. The zero-order valence-corrected chi connectivity index (χ0v) is 4.39. The molecule has 0 aromatic heterocycles. The molecule has 0 amide bonds. The molecule has 0 radical (unpaired) electrons. The molecule has 0 fully saturated rings. The lowest BCUT2D eigenvalue weighted by Gasteiger charge is -1.37. The first-order chi connectivity index (χ1) is 1.91. The van der Waals surface area contributed by atoms with Crippen LogP contribution in [0.15, 0.2) is 12.7 Å². The Labute approximate surface area is 41.5 Å². The van der Waals surface area contributed by atoms with Gasteiger partial charge in [0.25, 0.3) is 0 Å². The molecule has 0 saturated heterocycles. The zero-order valence-electron chi connectivity index (χ0n) is 2.68. The van der Waals surface area contributed by atoms with Crippen LogP contribution in [-0.2, 0) is 4.79 Å². The topological polar surface area (TPSA) is 17.1 Å². The summed E-state index contributed by atoms with van der Waals surface area (Å²) >= 11 is 0. The van der Waals surface area contributed by atoms with Crippen LogP contribution in [0, 0.1) is 0 Å². The van der Waals surface area contributed by atoms with Crippen molar-refractivity contribution in [3.63, 3.8) is 0 Å². The maximum absolute atomic E-state index is 9.06. The molecular weight excluding hydrogens is 132 g/mol. The van der Waals surface area contributed by atoms with Crippen molar-refractivity contribution in [2.45, 2.75) is 0 Å². The van der Waals surface area contributed by atoms with E-state index in [-0.39, 0.29) is 17.0 Å². The number of halogens is 1. The summed E-state index contributed by atoms with van der Waals surface area (Å²) in [6.45, 7) is 3.11. The van der Waals surface area contributed by atoms with E-state index in [0.717, 1.165) is 0 Å². The molecule has 0 aromatic carbocycles. The fourth-order valence-corrected chi connectivity index (χ4v) is 0. The van der Waals surface area contributed by atoms with E-state index in [0.29, 0.717) is 6.29 Å². The molecule has 2 heteroatoms. The van der Waals surface area contributed by atoms with Gasteiger partial charge >= 0.3 is 0 Å². The van der Waals surface area contributed by atoms with E-state index in [2.05, 4.69) is 6.58 Å². The highest BCUT2D eigenvalue weighted by molar-refractivity contribution is 8.93. The Hall–Kier alpha value is -0.110. The van der Waals surface area contributed by atoms with Crippen molar-refractivity contribution in [1.29, 1.82) is 0 Å². The summed E-state index contributed by atoms with van der Waals surface area (Å²) in [4.78, 5) is 9.06. The molecule has 0 atom stereocenters. The minimum atomic E-state index is 0. The lowest BCUT2D eigenvalue weighted by atomic mass is 10.8. The van der Waals surface area contributed by atoms with Gasteiger partial charge in [0.1, 0.15) is 6.29 Å². The van der Waals surface area contributed by atoms with E-state index in [9.17, 15) is 0 Å². The minimum Gasteiger partial charge on any atom is -0.299 e. The Kier molecular flexibility index (Phi) is 16.1. The highest BCUT2D eigenvalue weighted by atomic mass is 79.9. The van der Waals surface area contributed by atoms with Crippen molar-refractivity contribution < 1.29 is 4.79 Å². The van der Waals surface area contributed by atoms with E-state index in [1.54, 1.807) is 0 Å². The number of aldehydes is 1. The smallest absolute Gasteiger partial charge is 0.142 e. The van der Waals surface area contributed by atoms with Crippen LogP contribution >= 0.6 is 17.0 Å². The number of hydrogen-bond donors (Lipinski definition) is 0. The van der Waals surface area contributed by atoms with Gasteiger partial charge in [-0.1, -0.05) is 6.58 Å². The first-order valence-corrected chi connectivity index (χ1v) is 0.977. The molecule has 30 valence electrons. The Morgan fingerprint density at radius 3 is 1.80 bits per heavy atom. The zero-order chi connectivity index (χ0) is 3.41. The van der Waals surface area contributed by atoms with Crippen LogP contribution in [0.25, 0.3) is 0 Å². The second kappa shape index (κ2) is 9.10. The third kappa shape index (κ3) is 17.5. The summed E-state index contributed by atoms with van der Waals surface area (Å²) in [5, 5.41) is 0. The Morgan fingerprint density at radius 2 is 1.80 bits per heavy atom. The Morgan fingerprint density at radius 1 is 1.60 bits per heavy atom. The van der Waals surface area contributed by atoms with Gasteiger partial charge in [0.15, 0.2) is 0 Å². The van der Waals surface area contributed by atoms with E-state index in [1.807, 2.05) is 0 Å². The van der Waals surface area contributed by atoms with Gasteiger partial charge in [-0.15, -0.1) is 17.0 Å². The summed E-state index contributed by atoms with van der Waals surface area (Å²) in [5.74, 6) is 0. The average Bonchev–Trinajstić information content (AvgIpc) is 1.37. The molecule has 0 bridgehead atoms. The second-order valence-corrected chi connectivity index (χ2v) is 0.372. The Balaban J connectivity index is 0. The molecule has 0 heterocycles. The van der Waals surface area contributed by atoms with Crippen molar-refractivity contribution >= 4 is 23.3 Å². The fourth-order valence-electron chi connectivity index (χ4n) is 0. The van der Waals surface area contributed by atoms with E-state index >= 15 is 0 Å². The first-order valence-electron chi connectivity index (χ1n) is 0.977. The molecule has 0 aliphatic carbocycles. The standard InChI is InChI=1S/C3H4O.BrH/c1-2-3-4;/h2-3H,1H2;1H. The second-order valence-electron chi connectivity index (χ2n) is 0.372. The van der Waals surface area contributed by atoms with E-state index in [4.69, 9.17) is 4.79 Å². The monoisotopic (exact) mass is 136 g/mol. The first kappa shape index (κ1) is 8.86. The van der Waals surface area contributed by atoms with Crippen LogP contribution in [0.3, 0.4) is 0 Å². The highest BCUT2D eigenvalue weighted by Crippen LogP contribution is 1.35. The molecule has 0 spiro atoms. The number of carbonyl (C=O) groups excluding carboxylic acids is 1. The SMILES string of the molecule is Br.C=CC=O. The summed E-state index contributed by atoms with van der Waals surface area (Å²) < 4.78 is 0. The Bertz CT molecular complexity index is 27.9. The van der Waals surface area contributed by atoms with Gasteiger partial charge in [0, 0.05) is 0 Å². The summed E-state index contributed by atoms with van der Waals surface area (Å²) in [7, 11) is 0. The summed E-state index contributed by atoms with van der Waals surface area (Å²) in [5.41, 5.74) is 0. The van der Waals surface area contributed by atoms with E-state index < -0.39 is 0 Å². The molecule has 0 saturated carbocycles. The van der Waals surface area contributed by atoms with Gasteiger partial charge in [0.2, 0.25) is 0 Å². The third-order valence-corrected chi connectivity index (χ3v) is 0.0962. The van der Waals surface area contributed by atoms with Crippen LogP contribution in [0.2, 0.25) is 0 Å². The molecule has 0 unspecified atom stereocenters. The largest absolute Gasteiger partial charge is 0.299 e. The van der Waals surface area contributed by atoms with Crippen molar-refractivity contribution in [2.75, 3.05) is 0 Å². The van der Waals surface area contributed by atoms with Gasteiger partial charge in [-0.2, -0.15) is 0 Å². The molecule has 0 aliphatic heterocycles. The number of allylic oxidation sites excluding steroid dienone is 1. The van der Waals surface area contributed by atoms with Crippen LogP contribution in [0.4, 0.5) is 0 Å². The lowest BCUT2D eigenvalue weighted by Crippen LogP contribution is -1.44. The maximum atomic E-state index is 9.06. The summed E-state index contributed by atoms with van der Waals surface area (Å²) in [6.07, 6.45) is 1.83. The number of rotatable bonds is 1.